The van der Waals surface area contributed by atoms with Crippen LogP contribution in [0.2, 0.25) is 0 Å². The predicted octanol–water partition coefficient (Wildman–Crippen LogP) is 3.38. The number of para-hydroxylation sites is 2. The van der Waals surface area contributed by atoms with Gasteiger partial charge in [-0.1, -0.05) is 45.0 Å². The molecule has 3 rings (SSSR count). The highest BCUT2D eigenvalue weighted by molar-refractivity contribution is 5.92. The third kappa shape index (κ3) is 4.46. The second-order valence-corrected chi connectivity index (χ2v) is 7.54. The highest BCUT2D eigenvalue weighted by atomic mass is 16.3. The summed E-state index contributed by atoms with van der Waals surface area (Å²) in [5.74, 6) is 0.442. The molecule has 0 bridgehead atoms. The van der Waals surface area contributed by atoms with Crippen LogP contribution < -0.4 is 10.6 Å². The number of anilines is 2. The van der Waals surface area contributed by atoms with Crippen molar-refractivity contribution in [3.63, 3.8) is 0 Å². The number of aliphatic hydroxyl groups is 1. The molecule has 6 nitrogen and oxygen atoms in total. The number of aliphatic hydroxyl groups excluding tert-OH is 1. The van der Waals surface area contributed by atoms with Crippen molar-refractivity contribution in [2.45, 2.75) is 32.7 Å². The molecule has 3 N–H and O–H groups in total. The zero-order valence-electron chi connectivity index (χ0n) is 16.0. The molecule has 1 aromatic heterocycles. The molecule has 0 saturated heterocycles. The zero-order valence-corrected chi connectivity index (χ0v) is 16.0. The first kappa shape index (κ1) is 18.9. The average molecular weight is 366 g/mol. The number of nitrogens with one attached hydrogen (secondary N) is 2. The number of nitrogens with zero attached hydrogens (tertiary/aromatic N) is 2. The van der Waals surface area contributed by atoms with Crippen LogP contribution in [-0.4, -0.2) is 33.7 Å². The molecule has 1 heterocycles. The zero-order chi connectivity index (χ0) is 19.4. The number of hydrogen-bond acceptors (Lipinski definition) is 4. The van der Waals surface area contributed by atoms with Crippen LogP contribution in [0.15, 0.2) is 48.5 Å². The molecule has 0 spiro atoms. The Labute approximate surface area is 159 Å². The van der Waals surface area contributed by atoms with E-state index < -0.39 is 0 Å². The number of fused-ring (bicyclic) bond motifs is 1. The van der Waals surface area contributed by atoms with Gasteiger partial charge in [-0.25, -0.2) is 4.98 Å². The van der Waals surface area contributed by atoms with E-state index in [1.54, 1.807) is 0 Å². The van der Waals surface area contributed by atoms with Gasteiger partial charge in [0.1, 0.15) is 6.54 Å². The van der Waals surface area contributed by atoms with Crippen molar-refractivity contribution in [3.8, 4) is 0 Å². The topological polar surface area (TPSA) is 79.2 Å². The van der Waals surface area contributed by atoms with Crippen LogP contribution in [0.25, 0.3) is 11.0 Å². The summed E-state index contributed by atoms with van der Waals surface area (Å²) in [6, 6.07) is 15.6. The van der Waals surface area contributed by atoms with Crippen LogP contribution in [0.3, 0.4) is 0 Å². The van der Waals surface area contributed by atoms with Crippen LogP contribution in [-0.2, 0) is 16.8 Å². The summed E-state index contributed by atoms with van der Waals surface area (Å²) in [5.41, 5.74) is 3.74. The third-order valence-corrected chi connectivity index (χ3v) is 4.39. The number of rotatable bonds is 6. The maximum Gasteiger partial charge on any atom is 0.244 e. The van der Waals surface area contributed by atoms with E-state index in [9.17, 15) is 4.79 Å². The fourth-order valence-corrected chi connectivity index (χ4v) is 2.94. The minimum absolute atomic E-state index is 0.00444. The third-order valence-electron chi connectivity index (χ3n) is 4.39. The molecule has 0 radical (unpaired) electrons. The van der Waals surface area contributed by atoms with Crippen molar-refractivity contribution >= 4 is 28.6 Å². The smallest absolute Gasteiger partial charge is 0.244 e. The lowest BCUT2D eigenvalue weighted by Gasteiger charge is -2.19. The number of hydrogen-bond donors (Lipinski definition) is 3. The lowest BCUT2D eigenvalue weighted by Crippen LogP contribution is -2.21. The summed E-state index contributed by atoms with van der Waals surface area (Å²) >= 11 is 0. The molecular formula is C21H26N4O2. The Morgan fingerprint density at radius 2 is 1.81 bits per heavy atom. The van der Waals surface area contributed by atoms with Gasteiger partial charge in [0.15, 0.2) is 0 Å². The number of benzene rings is 2. The first-order valence-corrected chi connectivity index (χ1v) is 9.09. The average Bonchev–Trinajstić information content (AvgIpc) is 2.97. The summed E-state index contributed by atoms with van der Waals surface area (Å²) in [6.07, 6.45) is 0. The highest BCUT2D eigenvalue weighted by Crippen LogP contribution is 2.24. The molecule has 1 amide bonds. The van der Waals surface area contributed by atoms with Crippen molar-refractivity contribution < 1.29 is 9.90 Å². The van der Waals surface area contributed by atoms with Gasteiger partial charge in [-0.3, -0.25) is 4.79 Å². The second-order valence-electron chi connectivity index (χ2n) is 7.54. The largest absolute Gasteiger partial charge is 0.395 e. The monoisotopic (exact) mass is 366 g/mol. The van der Waals surface area contributed by atoms with Gasteiger partial charge in [0, 0.05) is 12.2 Å². The first-order chi connectivity index (χ1) is 12.9. The molecule has 0 aliphatic carbocycles. The Kier molecular flexibility index (Phi) is 5.46. The number of imidazole rings is 1. The number of amides is 1. The Bertz CT molecular complexity index is 923. The van der Waals surface area contributed by atoms with Crippen LogP contribution in [0.4, 0.5) is 11.6 Å². The quantitative estimate of drug-likeness (QED) is 0.625. The summed E-state index contributed by atoms with van der Waals surface area (Å²) < 4.78 is 1.82. The van der Waals surface area contributed by atoms with E-state index >= 15 is 0 Å². The number of carbonyl (C=O) groups is 1. The maximum atomic E-state index is 12.6. The van der Waals surface area contributed by atoms with Gasteiger partial charge in [0.2, 0.25) is 11.9 Å². The molecule has 0 saturated carbocycles. The molecule has 0 fully saturated rings. The van der Waals surface area contributed by atoms with Gasteiger partial charge in [0.25, 0.3) is 0 Å². The minimum Gasteiger partial charge on any atom is -0.395 e. The number of carbonyl (C=O) groups excluding carboxylic acids is 1. The standard InChI is InChI=1S/C21H26N4O2/c1-21(2,3)15-8-10-16(11-9-15)23-19(27)14-25-18-7-5-4-6-17(18)24-20(25)22-12-13-26/h4-11,26H,12-14H2,1-3H3,(H,22,24)(H,23,27). The molecular weight excluding hydrogens is 340 g/mol. The second kappa shape index (κ2) is 7.80. The van der Waals surface area contributed by atoms with Gasteiger partial charge >= 0.3 is 0 Å². The van der Waals surface area contributed by atoms with Gasteiger partial charge in [-0.05, 0) is 35.2 Å². The van der Waals surface area contributed by atoms with Crippen LogP contribution in [0.5, 0.6) is 0 Å². The molecule has 6 heteroatoms. The molecule has 3 aromatic rings. The summed E-state index contributed by atoms with van der Waals surface area (Å²) in [6.45, 7) is 6.98. The lowest BCUT2D eigenvalue weighted by atomic mass is 9.87. The Morgan fingerprint density at radius 1 is 1.11 bits per heavy atom. The van der Waals surface area contributed by atoms with Crippen molar-refractivity contribution in [2.75, 3.05) is 23.8 Å². The molecule has 0 aliphatic rings. The van der Waals surface area contributed by atoms with Crippen LogP contribution in [0, 0.1) is 0 Å². The first-order valence-electron chi connectivity index (χ1n) is 9.09. The summed E-state index contributed by atoms with van der Waals surface area (Å²) in [5, 5.41) is 15.1. The van der Waals surface area contributed by atoms with Crippen LogP contribution in [0.1, 0.15) is 26.3 Å². The molecule has 2 aromatic carbocycles. The molecule has 142 valence electrons. The molecule has 27 heavy (non-hydrogen) atoms. The maximum absolute atomic E-state index is 12.6. The highest BCUT2D eigenvalue weighted by Gasteiger charge is 2.15. The fourth-order valence-electron chi connectivity index (χ4n) is 2.94. The SMILES string of the molecule is CC(C)(C)c1ccc(NC(=O)Cn2c(NCCO)nc3ccccc32)cc1. The Morgan fingerprint density at radius 3 is 2.48 bits per heavy atom. The van der Waals surface area contributed by atoms with Gasteiger partial charge in [-0.2, -0.15) is 0 Å². The van der Waals surface area contributed by atoms with E-state index in [-0.39, 0.29) is 24.5 Å². The van der Waals surface area contributed by atoms with Crippen molar-refractivity contribution in [1.29, 1.82) is 0 Å². The fraction of sp³-hybridized carbons (Fsp3) is 0.333. The Balaban J connectivity index is 1.77. The van der Waals surface area contributed by atoms with E-state index in [0.717, 1.165) is 16.7 Å². The Hall–Kier alpha value is -2.86. The predicted molar refractivity (Wildman–Crippen MR) is 109 cm³/mol. The summed E-state index contributed by atoms with van der Waals surface area (Å²) in [7, 11) is 0. The van der Waals surface area contributed by atoms with Crippen molar-refractivity contribution in [2.24, 2.45) is 0 Å². The van der Waals surface area contributed by atoms with Gasteiger partial charge in [-0.15, -0.1) is 0 Å². The van der Waals surface area contributed by atoms with Crippen LogP contribution >= 0.6 is 0 Å². The van der Waals surface area contributed by atoms with Gasteiger partial charge < -0.3 is 20.3 Å². The van der Waals surface area contributed by atoms with Gasteiger partial charge in [0.05, 0.1) is 17.6 Å². The van der Waals surface area contributed by atoms with Crippen molar-refractivity contribution in [1.82, 2.24) is 9.55 Å². The molecule has 0 atom stereocenters. The number of aromatic nitrogens is 2. The van der Waals surface area contributed by atoms with E-state index in [0.29, 0.717) is 12.5 Å². The van der Waals surface area contributed by atoms with E-state index in [1.165, 1.54) is 5.56 Å². The molecule has 0 unspecified atom stereocenters. The molecule has 0 aliphatic heterocycles. The van der Waals surface area contributed by atoms with E-state index in [1.807, 2.05) is 53.1 Å². The van der Waals surface area contributed by atoms with E-state index in [2.05, 4.69) is 36.4 Å². The minimum atomic E-state index is -0.131. The summed E-state index contributed by atoms with van der Waals surface area (Å²) in [4.78, 5) is 17.1. The normalized spacial score (nSPS) is 11.6. The van der Waals surface area contributed by atoms with E-state index in [4.69, 9.17) is 5.11 Å². The van der Waals surface area contributed by atoms with Crippen molar-refractivity contribution in [3.05, 3.63) is 54.1 Å². The lowest BCUT2D eigenvalue weighted by molar-refractivity contribution is -0.116.